The van der Waals surface area contributed by atoms with Gasteiger partial charge in [0, 0.05) is 19.6 Å². The molecule has 1 aromatic heterocycles. The normalized spacial score (nSPS) is 11.3. The molecule has 0 aliphatic heterocycles. The maximum absolute atomic E-state index is 12.9. The number of fused-ring (bicyclic) bond motifs is 1. The van der Waals surface area contributed by atoms with Crippen LogP contribution in [0.1, 0.15) is 40.5 Å². The van der Waals surface area contributed by atoms with Gasteiger partial charge in [0.05, 0.1) is 16.7 Å². The second-order valence-corrected chi connectivity index (χ2v) is 7.83. The van der Waals surface area contributed by atoms with E-state index in [9.17, 15) is 9.59 Å². The van der Waals surface area contributed by atoms with Crippen LogP contribution in [-0.4, -0.2) is 39.2 Å². The minimum absolute atomic E-state index is 0.0294. The van der Waals surface area contributed by atoms with Crippen molar-refractivity contribution < 1.29 is 4.79 Å². The fraction of sp³-hybridized carbons (Fsp3) is 0.550. The minimum Gasteiger partial charge on any atom is -0.342 e. The largest absolute Gasteiger partial charge is 0.342 e. The second-order valence-electron chi connectivity index (χ2n) is 6.89. The third-order valence-electron chi connectivity index (χ3n) is 4.04. The van der Waals surface area contributed by atoms with E-state index < -0.39 is 0 Å². The molecule has 2 aromatic rings. The molecule has 0 fully saturated rings. The summed E-state index contributed by atoms with van der Waals surface area (Å²) in [6, 6.07) is 7.40. The monoisotopic (exact) mass is 375 g/mol. The number of nitrogens with zero attached hydrogens (tertiary/aromatic N) is 3. The predicted molar refractivity (Wildman–Crippen MR) is 109 cm³/mol. The highest BCUT2D eigenvalue weighted by Gasteiger charge is 2.16. The van der Waals surface area contributed by atoms with Gasteiger partial charge in [0.25, 0.3) is 5.56 Å². The average molecular weight is 376 g/mol. The lowest BCUT2D eigenvalue weighted by Gasteiger charge is -2.21. The molecule has 2 rings (SSSR count). The fourth-order valence-corrected chi connectivity index (χ4v) is 3.81. The molecule has 1 aromatic carbocycles. The van der Waals surface area contributed by atoms with Gasteiger partial charge >= 0.3 is 0 Å². The third kappa shape index (κ3) is 5.10. The number of carbonyl (C=O) groups excluding carboxylic acids is 1. The van der Waals surface area contributed by atoms with Crippen LogP contribution in [0.5, 0.6) is 0 Å². The van der Waals surface area contributed by atoms with Gasteiger partial charge in [0.15, 0.2) is 5.16 Å². The van der Waals surface area contributed by atoms with Gasteiger partial charge in [-0.3, -0.25) is 14.2 Å². The molecule has 0 atom stereocenters. The van der Waals surface area contributed by atoms with Crippen LogP contribution in [0.25, 0.3) is 10.9 Å². The van der Waals surface area contributed by atoms with Gasteiger partial charge in [0.1, 0.15) is 0 Å². The Hall–Kier alpha value is -1.82. The summed E-state index contributed by atoms with van der Waals surface area (Å²) in [6.45, 7) is 10.5. The first-order valence-electron chi connectivity index (χ1n) is 9.38. The summed E-state index contributed by atoms with van der Waals surface area (Å²) in [5, 5.41) is 1.26. The van der Waals surface area contributed by atoms with Crippen molar-refractivity contribution in [1.29, 1.82) is 0 Å². The molecule has 0 bridgehead atoms. The van der Waals surface area contributed by atoms with E-state index in [4.69, 9.17) is 0 Å². The molecule has 0 aliphatic carbocycles. The topological polar surface area (TPSA) is 55.2 Å². The molecule has 0 spiro atoms. The molecule has 0 unspecified atom stereocenters. The van der Waals surface area contributed by atoms with Gasteiger partial charge in [-0.1, -0.05) is 51.6 Å². The molecule has 0 radical (unpaired) electrons. The summed E-state index contributed by atoms with van der Waals surface area (Å²) in [4.78, 5) is 32.0. The van der Waals surface area contributed by atoms with Crippen molar-refractivity contribution in [2.75, 3.05) is 18.8 Å². The Bertz CT molecular complexity index is 795. The molecule has 142 valence electrons. The zero-order chi connectivity index (χ0) is 19.1. The SMILES string of the molecule is CCCN(CCC)C(=O)CSc1nc2ccccc2c(=O)n1CC(C)C. The lowest BCUT2D eigenvalue weighted by atomic mass is 10.2. The number of rotatable bonds is 9. The Labute approximate surface area is 159 Å². The summed E-state index contributed by atoms with van der Waals surface area (Å²) in [5.74, 6) is 0.739. The third-order valence-corrected chi connectivity index (χ3v) is 5.00. The highest BCUT2D eigenvalue weighted by molar-refractivity contribution is 7.99. The molecule has 5 nitrogen and oxygen atoms in total. The van der Waals surface area contributed by atoms with E-state index in [1.807, 2.05) is 29.2 Å². The van der Waals surface area contributed by atoms with Crippen molar-refractivity contribution in [1.82, 2.24) is 14.5 Å². The quantitative estimate of drug-likeness (QED) is 0.494. The number of benzene rings is 1. The van der Waals surface area contributed by atoms with Crippen LogP contribution in [0, 0.1) is 5.92 Å². The Morgan fingerprint density at radius 3 is 2.46 bits per heavy atom. The molecule has 1 amide bonds. The fourth-order valence-electron chi connectivity index (χ4n) is 2.90. The van der Waals surface area contributed by atoms with Gasteiger partial charge in [-0.15, -0.1) is 0 Å². The van der Waals surface area contributed by atoms with Crippen LogP contribution >= 0.6 is 11.8 Å². The number of para-hydroxylation sites is 1. The highest BCUT2D eigenvalue weighted by atomic mass is 32.2. The van der Waals surface area contributed by atoms with E-state index in [0.29, 0.717) is 34.3 Å². The Balaban J connectivity index is 2.29. The smallest absolute Gasteiger partial charge is 0.262 e. The van der Waals surface area contributed by atoms with Gasteiger partial charge in [-0.2, -0.15) is 0 Å². The second kappa shape index (κ2) is 9.76. The average Bonchev–Trinajstić information content (AvgIpc) is 2.62. The summed E-state index contributed by atoms with van der Waals surface area (Å²) < 4.78 is 1.72. The molecule has 26 heavy (non-hydrogen) atoms. The van der Waals surface area contributed by atoms with E-state index in [-0.39, 0.29) is 11.5 Å². The number of carbonyl (C=O) groups is 1. The Morgan fingerprint density at radius 2 is 1.85 bits per heavy atom. The lowest BCUT2D eigenvalue weighted by molar-refractivity contribution is -0.128. The van der Waals surface area contributed by atoms with Crippen LogP contribution in [-0.2, 0) is 11.3 Å². The summed E-state index contributed by atoms with van der Waals surface area (Å²) in [6.07, 6.45) is 1.89. The van der Waals surface area contributed by atoms with E-state index in [0.717, 1.165) is 25.9 Å². The van der Waals surface area contributed by atoms with Crippen LogP contribution < -0.4 is 5.56 Å². The molecule has 0 aliphatic rings. The number of hydrogen-bond acceptors (Lipinski definition) is 4. The molecule has 0 N–H and O–H groups in total. The van der Waals surface area contributed by atoms with Crippen molar-refractivity contribution in [3.05, 3.63) is 34.6 Å². The van der Waals surface area contributed by atoms with E-state index in [1.54, 1.807) is 4.57 Å². The number of hydrogen-bond donors (Lipinski definition) is 0. The lowest BCUT2D eigenvalue weighted by Crippen LogP contribution is -2.34. The number of amides is 1. The Morgan fingerprint density at radius 1 is 1.19 bits per heavy atom. The summed E-state index contributed by atoms with van der Waals surface area (Å²) in [7, 11) is 0. The van der Waals surface area contributed by atoms with Crippen molar-refractivity contribution in [2.45, 2.75) is 52.2 Å². The summed E-state index contributed by atoms with van der Waals surface area (Å²) in [5.41, 5.74) is 0.657. The van der Waals surface area contributed by atoms with Gasteiger partial charge in [0.2, 0.25) is 5.91 Å². The van der Waals surface area contributed by atoms with E-state index in [1.165, 1.54) is 11.8 Å². The van der Waals surface area contributed by atoms with Crippen molar-refractivity contribution in [2.24, 2.45) is 5.92 Å². The van der Waals surface area contributed by atoms with E-state index >= 15 is 0 Å². The maximum atomic E-state index is 12.9. The molecular weight excluding hydrogens is 346 g/mol. The van der Waals surface area contributed by atoms with Crippen LogP contribution in [0.2, 0.25) is 0 Å². The van der Waals surface area contributed by atoms with Gasteiger partial charge < -0.3 is 4.90 Å². The first kappa shape index (κ1) is 20.5. The molecule has 6 heteroatoms. The van der Waals surface area contributed by atoms with Gasteiger partial charge in [-0.05, 0) is 30.9 Å². The molecule has 0 saturated carbocycles. The van der Waals surface area contributed by atoms with Crippen molar-refractivity contribution in [3.63, 3.8) is 0 Å². The summed E-state index contributed by atoms with van der Waals surface area (Å²) >= 11 is 1.37. The van der Waals surface area contributed by atoms with Gasteiger partial charge in [-0.25, -0.2) is 4.98 Å². The molecular formula is C20H29N3O2S. The highest BCUT2D eigenvalue weighted by Crippen LogP contribution is 2.19. The van der Waals surface area contributed by atoms with Crippen LogP contribution in [0.4, 0.5) is 0 Å². The minimum atomic E-state index is -0.0294. The maximum Gasteiger partial charge on any atom is 0.262 e. The zero-order valence-electron chi connectivity index (χ0n) is 16.2. The first-order valence-corrected chi connectivity index (χ1v) is 10.4. The number of thioether (sulfide) groups is 1. The van der Waals surface area contributed by atoms with E-state index in [2.05, 4.69) is 32.7 Å². The zero-order valence-corrected chi connectivity index (χ0v) is 17.0. The molecule has 0 saturated heterocycles. The van der Waals surface area contributed by atoms with Crippen molar-refractivity contribution >= 4 is 28.6 Å². The van der Waals surface area contributed by atoms with Crippen LogP contribution in [0.15, 0.2) is 34.2 Å². The standard InChI is InChI=1S/C20H29N3O2S/c1-5-11-22(12-6-2)18(24)14-26-20-21-17-10-8-7-9-16(17)19(25)23(20)13-15(3)4/h7-10,15H,5-6,11-14H2,1-4H3. The first-order chi connectivity index (χ1) is 12.5. The predicted octanol–water partition coefficient (Wildman–Crippen LogP) is 3.79. The molecule has 1 heterocycles. The Kier molecular flexibility index (Phi) is 7.69. The van der Waals surface area contributed by atoms with Crippen molar-refractivity contribution in [3.8, 4) is 0 Å². The van der Waals surface area contributed by atoms with Crippen LogP contribution in [0.3, 0.4) is 0 Å². The number of aromatic nitrogens is 2.